The second kappa shape index (κ2) is 8.34. The van der Waals surface area contributed by atoms with Crippen LogP contribution in [0, 0.1) is 0 Å². The van der Waals surface area contributed by atoms with Gasteiger partial charge in [-0.3, -0.25) is 4.68 Å². The van der Waals surface area contributed by atoms with Crippen LogP contribution in [0.2, 0.25) is 0 Å². The third-order valence-electron chi connectivity index (χ3n) is 3.91. The Balaban J connectivity index is 2.35. The van der Waals surface area contributed by atoms with E-state index in [-0.39, 0.29) is 0 Å². The highest BCUT2D eigenvalue weighted by molar-refractivity contribution is 8.07. The predicted molar refractivity (Wildman–Crippen MR) is 93.7 cm³/mol. The average Bonchev–Trinajstić information content (AvgIpc) is 2.95. The first-order valence-electron chi connectivity index (χ1n) is 7.82. The summed E-state index contributed by atoms with van der Waals surface area (Å²) < 4.78 is 7.66. The molecule has 0 bridgehead atoms. The van der Waals surface area contributed by atoms with Crippen LogP contribution in [0.4, 0.5) is 0 Å². The van der Waals surface area contributed by atoms with Gasteiger partial charge in [-0.15, -0.1) is 0 Å². The molecule has 6 heteroatoms. The summed E-state index contributed by atoms with van der Waals surface area (Å²) in [6.45, 7) is 8.45. The Morgan fingerprint density at radius 2 is 2.14 bits per heavy atom. The molecule has 1 aromatic heterocycles. The Kier molecular flexibility index (Phi) is 6.76. The van der Waals surface area contributed by atoms with Gasteiger partial charge in [0, 0.05) is 28.6 Å². The molecule has 120 valence electrons. The quantitative estimate of drug-likeness (QED) is 0.832. The van der Waals surface area contributed by atoms with Gasteiger partial charge >= 0.3 is 0 Å². The molecule has 0 aromatic carbocycles. The van der Waals surface area contributed by atoms with Gasteiger partial charge in [-0.05, 0) is 19.9 Å². The molecule has 0 saturated carbocycles. The highest BCUT2D eigenvalue weighted by atomic mass is 32.2. The molecule has 0 spiro atoms. The second-order valence-electron chi connectivity index (χ2n) is 5.10. The number of aryl methyl sites for hydroxylation is 1. The fraction of sp³-hybridized carbons (Fsp3) is 0.800. The monoisotopic (exact) mass is 329 g/mol. The molecular formula is C15H27N3OS2. The summed E-state index contributed by atoms with van der Waals surface area (Å²) in [6, 6.07) is 0.301. The molecule has 0 amide bonds. The van der Waals surface area contributed by atoms with Crippen molar-refractivity contribution in [2.75, 3.05) is 25.2 Å². The van der Waals surface area contributed by atoms with Crippen LogP contribution >= 0.6 is 23.5 Å². The minimum Gasteiger partial charge on any atom is -0.493 e. The Morgan fingerprint density at radius 1 is 1.38 bits per heavy atom. The maximum atomic E-state index is 5.58. The van der Waals surface area contributed by atoms with Gasteiger partial charge in [-0.1, -0.05) is 13.8 Å². The highest BCUT2D eigenvalue weighted by Gasteiger charge is 2.36. The van der Waals surface area contributed by atoms with Gasteiger partial charge in [0.1, 0.15) is 0 Å². The summed E-state index contributed by atoms with van der Waals surface area (Å²) >= 11 is 4.22. The molecule has 3 atom stereocenters. The van der Waals surface area contributed by atoms with E-state index in [9.17, 15) is 0 Å². The van der Waals surface area contributed by atoms with Crippen LogP contribution in [0.25, 0.3) is 0 Å². The minimum absolute atomic E-state index is 0.301. The van der Waals surface area contributed by atoms with Crippen molar-refractivity contribution in [2.24, 2.45) is 0 Å². The molecule has 1 N–H and O–H groups in total. The lowest BCUT2D eigenvalue weighted by Crippen LogP contribution is -2.40. The SMILES string of the molecule is CCNC(c1c(OC)cnn1CC)C1SCCSC1CC. The van der Waals surface area contributed by atoms with E-state index in [0.717, 1.165) is 18.8 Å². The van der Waals surface area contributed by atoms with Crippen LogP contribution in [0.15, 0.2) is 6.20 Å². The van der Waals surface area contributed by atoms with Gasteiger partial charge in [0.2, 0.25) is 0 Å². The normalized spacial score (nSPS) is 24.0. The van der Waals surface area contributed by atoms with Crippen molar-refractivity contribution in [1.82, 2.24) is 15.1 Å². The van der Waals surface area contributed by atoms with Gasteiger partial charge in [0.05, 0.1) is 25.0 Å². The van der Waals surface area contributed by atoms with E-state index in [4.69, 9.17) is 4.74 Å². The lowest BCUT2D eigenvalue weighted by atomic mass is 10.0. The molecule has 2 rings (SSSR count). The number of aromatic nitrogens is 2. The van der Waals surface area contributed by atoms with Crippen molar-refractivity contribution >= 4 is 23.5 Å². The number of nitrogens with one attached hydrogen (secondary N) is 1. The first kappa shape index (κ1) is 17.0. The summed E-state index contributed by atoms with van der Waals surface area (Å²) in [6.07, 6.45) is 3.07. The van der Waals surface area contributed by atoms with E-state index in [1.54, 1.807) is 7.11 Å². The van der Waals surface area contributed by atoms with Crippen molar-refractivity contribution in [3.8, 4) is 5.75 Å². The summed E-state index contributed by atoms with van der Waals surface area (Å²) in [4.78, 5) is 0. The van der Waals surface area contributed by atoms with Crippen LogP contribution < -0.4 is 10.1 Å². The van der Waals surface area contributed by atoms with Crippen molar-refractivity contribution in [2.45, 2.75) is 50.3 Å². The van der Waals surface area contributed by atoms with E-state index in [0.29, 0.717) is 16.5 Å². The molecular weight excluding hydrogens is 302 g/mol. The lowest BCUT2D eigenvalue weighted by molar-refractivity contribution is 0.387. The van der Waals surface area contributed by atoms with E-state index in [1.807, 2.05) is 6.20 Å². The average molecular weight is 330 g/mol. The molecule has 0 radical (unpaired) electrons. The van der Waals surface area contributed by atoms with Gasteiger partial charge in [0.25, 0.3) is 0 Å². The molecule has 1 fully saturated rings. The number of ether oxygens (including phenoxy) is 1. The molecule has 3 unspecified atom stereocenters. The van der Waals surface area contributed by atoms with Gasteiger partial charge in [-0.25, -0.2) is 0 Å². The zero-order valence-electron chi connectivity index (χ0n) is 13.5. The van der Waals surface area contributed by atoms with E-state index in [2.05, 4.69) is 59.4 Å². The molecule has 1 aromatic rings. The number of nitrogens with zero attached hydrogens (tertiary/aromatic N) is 2. The predicted octanol–water partition coefficient (Wildman–Crippen LogP) is 3.19. The molecule has 1 saturated heterocycles. The van der Waals surface area contributed by atoms with Crippen LogP contribution in [0.1, 0.15) is 38.9 Å². The molecule has 1 aliphatic rings. The van der Waals surface area contributed by atoms with E-state index < -0.39 is 0 Å². The standard InChI is InChI=1S/C15H27N3OS2/c1-5-12-15(21-9-8-20-12)13(16-6-2)14-11(19-4)10-17-18(14)7-3/h10,12-13,15-16H,5-9H2,1-4H3. The van der Waals surface area contributed by atoms with Crippen molar-refractivity contribution < 1.29 is 4.74 Å². The van der Waals surface area contributed by atoms with Crippen LogP contribution in [0.3, 0.4) is 0 Å². The Bertz CT molecular complexity index is 417. The third-order valence-corrected chi connectivity index (χ3v) is 7.26. The summed E-state index contributed by atoms with van der Waals surface area (Å²) in [5, 5.41) is 9.45. The lowest BCUT2D eigenvalue weighted by Gasteiger charge is -2.36. The fourth-order valence-corrected chi connectivity index (χ4v) is 6.16. The molecule has 21 heavy (non-hydrogen) atoms. The number of hydrogen-bond acceptors (Lipinski definition) is 5. The topological polar surface area (TPSA) is 39.1 Å². The fourth-order valence-electron chi connectivity index (χ4n) is 2.94. The molecule has 0 aliphatic carbocycles. The van der Waals surface area contributed by atoms with Crippen molar-refractivity contribution in [1.29, 1.82) is 0 Å². The molecule has 1 aliphatic heterocycles. The Hall–Kier alpha value is -0.330. The maximum Gasteiger partial charge on any atom is 0.161 e. The van der Waals surface area contributed by atoms with Crippen LogP contribution in [-0.2, 0) is 6.54 Å². The van der Waals surface area contributed by atoms with Crippen LogP contribution in [0.5, 0.6) is 5.75 Å². The summed E-state index contributed by atoms with van der Waals surface area (Å²) in [5.74, 6) is 3.41. The number of hydrogen-bond donors (Lipinski definition) is 1. The van der Waals surface area contributed by atoms with Gasteiger partial charge < -0.3 is 10.1 Å². The van der Waals surface area contributed by atoms with Gasteiger partial charge in [0.15, 0.2) is 5.75 Å². The number of thioether (sulfide) groups is 2. The van der Waals surface area contributed by atoms with Gasteiger partial charge in [-0.2, -0.15) is 28.6 Å². The van der Waals surface area contributed by atoms with E-state index in [1.165, 1.54) is 23.6 Å². The minimum atomic E-state index is 0.301. The highest BCUT2D eigenvalue weighted by Crippen LogP contribution is 2.42. The van der Waals surface area contributed by atoms with Crippen LogP contribution in [-0.4, -0.2) is 45.4 Å². The summed E-state index contributed by atoms with van der Waals surface area (Å²) in [7, 11) is 1.74. The summed E-state index contributed by atoms with van der Waals surface area (Å²) in [5.41, 5.74) is 1.21. The molecule has 2 heterocycles. The number of rotatable bonds is 7. The second-order valence-corrected chi connectivity index (χ2v) is 7.74. The van der Waals surface area contributed by atoms with Crippen molar-refractivity contribution in [3.63, 3.8) is 0 Å². The Labute approximate surface area is 136 Å². The zero-order chi connectivity index (χ0) is 15.2. The molecule has 4 nitrogen and oxygen atoms in total. The zero-order valence-corrected chi connectivity index (χ0v) is 15.1. The Morgan fingerprint density at radius 3 is 2.76 bits per heavy atom. The number of methoxy groups -OCH3 is 1. The van der Waals surface area contributed by atoms with E-state index >= 15 is 0 Å². The first-order valence-corrected chi connectivity index (χ1v) is 9.92. The first-order chi connectivity index (χ1) is 10.3. The third kappa shape index (κ3) is 3.71. The largest absolute Gasteiger partial charge is 0.493 e. The maximum absolute atomic E-state index is 5.58. The smallest absolute Gasteiger partial charge is 0.161 e. The van der Waals surface area contributed by atoms with Crippen molar-refractivity contribution in [3.05, 3.63) is 11.9 Å².